The fraction of sp³-hybridized carbons (Fsp3) is 0.211. The number of carbonyl (C=O) groups excluding carboxylic acids is 1. The second kappa shape index (κ2) is 7.08. The topological polar surface area (TPSA) is 64.0 Å². The Hall–Kier alpha value is -2.95. The lowest BCUT2D eigenvalue weighted by atomic mass is 10.1. The van der Waals surface area contributed by atoms with Crippen LogP contribution in [0.5, 0.6) is 0 Å². The summed E-state index contributed by atoms with van der Waals surface area (Å²) in [6.45, 7) is 2.82. The molecule has 1 N–H and O–H groups in total. The first kappa shape index (κ1) is 15.9. The molecule has 5 nitrogen and oxygen atoms in total. The number of nitrogens with zero attached hydrogens (tertiary/aromatic N) is 2. The van der Waals surface area contributed by atoms with Crippen LogP contribution < -0.4 is 10.9 Å². The van der Waals surface area contributed by atoms with Gasteiger partial charge in [0, 0.05) is 18.1 Å². The first-order valence-corrected chi connectivity index (χ1v) is 8.01. The Balaban J connectivity index is 1.96. The lowest BCUT2D eigenvalue weighted by Crippen LogP contribution is -2.32. The number of fused-ring (bicyclic) bond motifs is 1. The van der Waals surface area contributed by atoms with Crippen LogP contribution in [0, 0.1) is 0 Å². The van der Waals surface area contributed by atoms with Crippen LogP contribution in [0.4, 0.5) is 0 Å². The maximum atomic E-state index is 12.7. The minimum atomic E-state index is -0.267. The molecule has 0 saturated carbocycles. The van der Waals surface area contributed by atoms with Gasteiger partial charge in [0.1, 0.15) is 5.69 Å². The molecule has 122 valence electrons. The highest BCUT2D eigenvalue weighted by Gasteiger charge is 2.15. The van der Waals surface area contributed by atoms with Gasteiger partial charge in [-0.15, -0.1) is 0 Å². The summed E-state index contributed by atoms with van der Waals surface area (Å²) in [4.78, 5) is 29.5. The molecule has 1 amide bonds. The van der Waals surface area contributed by atoms with Gasteiger partial charge in [0.2, 0.25) is 0 Å². The molecule has 3 rings (SSSR count). The molecule has 2 heterocycles. The molecular weight excluding hydrogens is 302 g/mol. The van der Waals surface area contributed by atoms with E-state index >= 15 is 0 Å². The molecule has 3 aromatic rings. The first-order valence-electron chi connectivity index (χ1n) is 8.01. The lowest BCUT2D eigenvalue weighted by molar-refractivity contribution is 0.0940. The van der Waals surface area contributed by atoms with E-state index in [2.05, 4.69) is 10.3 Å². The molecule has 0 spiro atoms. The Morgan fingerprint density at radius 1 is 1.17 bits per heavy atom. The van der Waals surface area contributed by atoms with Crippen LogP contribution in [-0.4, -0.2) is 15.5 Å². The number of carbonyl (C=O) groups is 1. The molecule has 5 heteroatoms. The zero-order valence-corrected chi connectivity index (χ0v) is 13.5. The van der Waals surface area contributed by atoms with E-state index in [4.69, 9.17) is 0 Å². The van der Waals surface area contributed by atoms with Crippen molar-refractivity contribution in [3.63, 3.8) is 0 Å². The molecule has 2 aromatic heterocycles. The van der Waals surface area contributed by atoms with Gasteiger partial charge in [-0.1, -0.05) is 31.2 Å². The minimum Gasteiger partial charge on any atom is -0.345 e. The zero-order valence-electron chi connectivity index (χ0n) is 13.5. The van der Waals surface area contributed by atoms with Crippen LogP contribution in [-0.2, 0) is 13.1 Å². The summed E-state index contributed by atoms with van der Waals surface area (Å²) in [5.41, 5.74) is 1.03. The number of amides is 1. The lowest BCUT2D eigenvalue weighted by Gasteiger charge is -2.13. The molecule has 24 heavy (non-hydrogen) atoms. The zero-order chi connectivity index (χ0) is 16.9. The average Bonchev–Trinajstić information content (AvgIpc) is 2.63. The average molecular weight is 321 g/mol. The third-order valence-electron chi connectivity index (χ3n) is 3.86. The van der Waals surface area contributed by atoms with E-state index in [1.54, 1.807) is 22.9 Å². The van der Waals surface area contributed by atoms with Crippen molar-refractivity contribution in [2.24, 2.45) is 0 Å². The van der Waals surface area contributed by atoms with Crippen LogP contribution in [0.1, 0.15) is 29.5 Å². The fourth-order valence-corrected chi connectivity index (χ4v) is 2.70. The molecule has 0 unspecified atom stereocenters. The number of pyridine rings is 2. The first-order chi connectivity index (χ1) is 11.7. The van der Waals surface area contributed by atoms with Crippen molar-refractivity contribution in [1.29, 1.82) is 0 Å². The number of rotatable bonds is 5. The molecule has 0 aliphatic heterocycles. The minimum absolute atomic E-state index is 0.127. The van der Waals surface area contributed by atoms with Gasteiger partial charge in [-0.05, 0) is 36.1 Å². The van der Waals surface area contributed by atoms with E-state index in [0.717, 1.165) is 17.5 Å². The summed E-state index contributed by atoms with van der Waals surface area (Å²) in [6, 6.07) is 14.7. The van der Waals surface area contributed by atoms with E-state index in [-0.39, 0.29) is 11.5 Å². The Morgan fingerprint density at radius 2 is 1.96 bits per heavy atom. The Bertz CT molecular complexity index is 917. The van der Waals surface area contributed by atoms with Gasteiger partial charge >= 0.3 is 0 Å². The van der Waals surface area contributed by atoms with Crippen molar-refractivity contribution in [3.05, 3.63) is 76.5 Å². The van der Waals surface area contributed by atoms with Gasteiger partial charge in [0.25, 0.3) is 11.5 Å². The standard InChI is InChI=1S/C19H19N3O2/c1-2-11-22-17(12-14-7-3-4-9-16(14)19(22)24)18(23)21-13-15-8-5-6-10-20-15/h3-10,12H,2,11,13H2,1H3,(H,21,23). The SMILES string of the molecule is CCCn1c(C(=O)NCc2ccccn2)cc2ccccc2c1=O. The quantitative estimate of drug-likeness (QED) is 0.786. The largest absolute Gasteiger partial charge is 0.345 e. The summed E-state index contributed by atoms with van der Waals surface area (Å²) in [5.74, 6) is -0.267. The molecule has 0 aliphatic carbocycles. The smallest absolute Gasteiger partial charge is 0.268 e. The second-order valence-corrected chi connectivity index (χ2v) is 5.58. The van der Waals surface area contributed by atoms with Crippen LogP contribution in [0.2, 0.25) is 0 Å². The maximum absolute atomic E-state index is 12.7. The van der Waals surface area contributed by atoms with Crippen LogP contribution in [0.15, 0.2) is 59.5 Å². The van der Waals surface area contributed by atoms with E-state index in [9.17, 15) is 9.59 Å². The molecule has 0 radical (unpaired) electrons. The van der Waals surface area contributed by atoms with Crippen molar-refractivity contribution < 1.29 is 4.79 Å². The van der Waals surface area contributed by atoms with Crippen LogP contribution in [0.25, 0.3) is 10.8 Å². The Kier molecular flexibility index (Phi) is 4.70. The van der Waals surface area contributed by atoms with Crippen LogP contribution in [0.3, 0.4) is 0 Å². The number of hydrogen-bond donors (Lipinski definition) is 1. The predicted molar refractivity (Wildman–Crippen MR) is 93.9 cm³/mol. The van der Waals surface area contributed by atoms with E-state index in [1.165, 1.54) is 0 Å². The molecule has 1 aromatic carbocycles. The Morgan fingerprint density at radius 3 is 2.71 bits per heavy atom. The summed E-state index contributed by atoms with van der Waals surface area (Å²) >= 11 is 0. The second-order valence-electron chi connectivity index (χ2n) is 5.58. The third-order valence-corrected chi connectivity index (χ3v) is 3.86. The summed E-state index contributed by atoms with van der Waals surface area (Å²) in [5, 5.41) is 4.25. The highest BCUT2D eigenvalue weighted by molar-refractivity contribution is 5.96. The van der Waals surface area contributed by atoms with E-state index < -0.39 is 0 Å². The Labute approximate surface area is 140 Å². The normalized spacial score (nSPS) is 10.7. The molecule has 0 aliphatic rings. The molecular formula is C19H19N3O2. The van der Waals surface area contributed by atoms with Crippen LogP contribution >= 0.6 is 0 Å². The number of hydrogen-bond acceptors (Lipinski definition) is 3. The van der Waals surface area contributed by atoms with Crippen molar-refractivity contribution in [2.45, 2.75) is 26.4 Å². The maximum Gasteiger partial charge on any atom is 0.268 e. The van der Waals surface area contributed by atoms with Gasteiger partial charge in [0.15, 0.2) is 0 Å². The van der Waals surface area contributed by atoms with Crippen molar-refractivity contribution in [2.75, 3.05) is 0 Å². The summed E-state index contributed by atoms with van der Waals surface area (Å²) in [7, 11) is 0. The van der Waals surface area contributed by atoms with Gasteiger partial charge < -0.3 is 9.88 Å². The monoisotopic (exact) mass is 321 g/mol. The van der Waals surface area contributed by atoms with Gasteiger partial charge in [-0.2, -0.15) is 0 Å². The molecule has 0 bridgehead atoms. The number of benzene rings is 1. The van der Waals surface area contributed by atoms with Gasteiger partial charge in [-0.3, -0.25) is 14.6 Å². The molecule has 0 fully saturated rings. The van der Waals surface area contributed by atoms with E-state index in [0.29, 0.717) is 24.2 Å². The van der Waals surface area contributed by atoms with Crippen molar-refractivity contribution >= 4 is 16.7 Å². The van der Waals surface area contributed by atoms with Crippen molar-refractivity contribution in [1.82, 2.24) is 14.9 Å². The van der Waals surface area contributed by atoms with Crippen molar-refractivity contribution in [3.8, 4) is 0 Å². The summed E-state index contributed by atoms with van der Waals surface area (Å²) < 4.78 is 1.55. The fourth-order valence-electron chi connectivity index (χ4n) is 2.70. The van der Waals surface area contributed by atoms with E-state index in [1.807, 2.05) is 43.3 Å². The summed E-state index contributed by atoms with van der Waals surface area (Å²) in [6.07, 6.45) is 2.46. The molecule has 0 saturated heterocycles. The van der Waals surface area contributed by atoms with Gasteiger partial charge in [0.05, 0.1) is 12.2 Å². The van der Waals surface area contributed by atoms with Gasteiger partial charge in [-0.25, -0.2) is 0 Å². The predicted octanol–water partition coefficient (Wildman–Crippen LogP) is 2.74. The highest BCUT2D eigenvalue weighted by atomic mass is 16.2. The number of nitrogens with one attached hydrogen (secondary N) is 1. The number of aromatic nitrogens is 2. The molecule has 0 atom stereocenters. The highest BCUT2D eigenvalue weighted by Crippen LogP contribution is 2.13. The third kappa shape index (κ3) is 3.20.